The summed E-state index contributed by atoms with van der Waals surface area (Å²) in [6.45, 7) is 1.77. The van der Waals surface area contributed by atoms with Crippen LogP contribution in [0.5, 0.6) is 0 Å². The van der Waals surface area contributed by atoms with Crippen LogP contribution in [0.2, 0.25) is 0 Å². The highest BCUT2D eigenvalue weighted by Crippen LogP contribution is 2.30. The molecule has 72 valence electrons. The number of hydrogen-bond acceptors (Lipinski definition) is 3. The van der Waals surface area contributed by atoms with Crippen LogP contribution >= 0.6 is 0 Å². The van der Waals surface area contributed by atoms with E-state index in [-0.39, 0.29) is 0 Å². The van der Waals surface area contributed by atoms with Gasteiger partial charge in [-0.1, -0.05) is 0 Å². The third kappa shape index (κ3) is 1.62. The highest BCUT2D eigenvalue weighted by atomic mass is 16.3. The molecule has 1 fully saturated rings. The summed E-state index contributed by atoms with van der Waals surface area (Å²) in [5.41, 5.74) is 0.207. The minimum Gasteiger partial charge on any atom is -0.472 e. The normalized spacial score (nSPS) is 30.6. The molecule has 13 heavy (non-hydrogen) atoms. The number of piperidine rings is 1. The molecule has 0 bridgehead atoms. The van der Waals surface area contributed by atoms with Gasteiger partial charge in [0.25, 0.3) is 0 Å². The van der Waals surface area contributed by atoms with Gasteiger partial charge in [0, 0.05) is 12.1 Å². The fourth-order valence-electron chi connectivity index (χ4n) is 2.01. The van der Waals surface area contributed by atoms with Crippen molar-refractivity contribution in [2.75, 3.05) is 20.1 Å². The number of hydrogen-bond donors (Lipinski definition) is 1. The summed E-state index contributed by atoms with van der Waals surface area (Å²) >= 11 is 0. The quantitative estimate of drug-likeness (QED) is 0.707. The van der Waals surface area contributed by atoms with E-state index in [9.17, 15) is 5.11 Å². The zero-order valence-electron chi connectivity index (χ0n) is 7.86. The van der Waals surface area contributed by atoms with Gasteiger partial charge in [0.05, 0.1) is 12.5 Å². The van der Waals surface area contributed by atoms with Crippen LogP contribution in [0, 0.1) is 0 Å². The van der Waals surface area contributed by atoms with Crippen LogP contribution in [0.4, 0.5) is 0 Å². The van der Waals surface area contributed by atoms with Crippen molar-refractivity contribution in [3.8, 4) is 0 Å². The smallest absolute Gasteiger partial charge is 0.105 e. The fraction of sp³-hybridized carbons (Fsp3) is 0.600. The maximum absolute atomic E-state index is 10.3. The summed E-state index contributed by atoms with van der Waals surface area (Å²) in [5.74, 6) is 0. The van der Waals surface area contributed by atoms with Crippen molar-refractivity contribution in [2.45, 2.75) is 18.4 Å². The molecule has 1 aromatic rings. The molecule has 0 spiro atoms. The first kappa shape index (κ1) is 8.78. The van der Waals surface area contributed by atoms with Crippen LogP contribution in [0.15, 0.2) is 23.0 Å². The Labute approximate surface area is 78.0 Å². The lowest BCUT2D eigenvalue weighted by molar-refractivity contribution is -0.0281. The first-order chi connectivity index (χ1) is 6.21. The lowest BCUT2D eigenvalue weighted by atomic mass is 9.88. The van der Waals surface area contributed by atoms with Gasteiger partial charge in [-0.2, -0.15) is 0 Å². The van der Waals surface area contributed by atoms with E-state index in [1.54, 1.807) is 12.5 Å². The number of furan rings is 1. The van der Waals surface area contributed by atoms with Crippen LogP contribution in [-0.4, -0.2) is 30.1 Å². The minimum atomic E-state index is -0.694. The summed E-state index contributed by atoms with van der Waals surface area (Å²) in [7, 11) is 2.03. The van der Waals surface area contributed by atoms with Gasteiger partial charge in [0.15, 0.2) is 0 Å². The molecule has 2 rings (SSSR count). The van der Waals surface area contributed by atoms with Crippen LogP contribution in [-0.2, 0) is 5.60 Å². The Bertz CT molecular complexity index is 270. The molecule has 0 aliphatic carbocycles. The van der Waals surface area contributed by atoms with Crippen LogP contribution in [0.3, 0.4) is 0 Å². The Morgan fingerprint density at radius 3 is 3.08 bits per heavy atom. The Balaban J connectivity index is 2.20. The summed E-state index contributed by atoms with van der Waals surface area (Å²) in [4.78, 5) is 2.15. The molecule has 0 radical (unpaired) electrons. The first-order valence-corrected chi connectivity index (χ1v) is 4.64. The summed E-state index contributed by atoms with van der Waals surface area (Å²) in [5, 5.41) is 10.3. The van der Waals surface area contributed by atoms with Gasteiger partial charge in [0.2, 0.25) is 0 Å². The molecular formula is C10H15NO2. The van der Waals surface area contributed by atoms with E-state index in [1.807, 2.05) is 13.1 Å². The molecule has 1 unspecified atom stereocenters. The second kappa shape index (κ2) is 3.16. The van der Waals surface area contributed by atoms with Crippen LogP contribution in [0.25, 0.3) is 0 Å². The molecule has 0 saturated carbocycles. The molecule has 1 saturated heterocycles. The molecule has 0 amide bonds. The highest BCUT2D eigenvalue weighted by molar-refractivity contribution is 5.17. The van der Waals surface area contributed by atoms with Gasteiger partial charge < -0.3 is 14.4 Å². The van der Waals surface area contributed by atoms with Crippen LogP contribution < -0.4 is 0 Å². The molecule has 1 aliphatic rings. The average molecular weight is 181 g/mol. The van der Waals surface area contributed by atoms with Crippen molar-refractivity contribution < 1.29 is 9.52 Å². The average Bonchev–Trinajstić information content (AvgIpc) is 2.55. The molecule has 1 atom stereocenters. The second-order valence-corrected chi connectivity index (χ2v) is 3.88. The van der Waals surface area contributed by atoms with Crippen molar-refractivity contribution in [2.24, 2.45) is 0 Å². The topological polar surface area (TPSA) is 36.6 Å². The fourth-order valence-corrected chi connectivity index (χ4v) is 2.01. The summed E-state index contributed by atoms with van der Waals surface area (Å²) < 4.78 is 4.99. The van der Waals surface area contributed by atoms with E-state index < -0.39 is 5.60 Å². The van der Waals surface area contributed by atoms with Gasteiger partial charge in [0.1, 0.15) is 5.60 Å². The van der Waals surface area contributed by atoms with Crippen molar-refractivity contribution in [1.29, 1.82) is 0 Å². The van der Waals surface area contributed by atoms with E-state index in [4.69, 9.17) is 4.42 Å². The van der Waals surface area contributed by atoms with E-state index in [2.05, 4.69) is 4.90 Å². The molecule has 2 heterocycles. The number of likely N-dealkylation sites (N-methyl/N-ethyl adjacent to an activating group) is 1. The molecule has 1 N–H and O–H groups in total. The molecule has 3 nitrogen and oxygen atoms in total. The van der Waals surface area contributed by atoms with E-state index in [1.165, 1.54) is 0 Å². The maximum atomic E-state index is 10.3. The highest BCUT2D eigenvalue weighted by Gasteiger charge is 2.34. The minimum absolute atomic E-state index is 0.694. The predicted molar refractivity (Wildman–Crippen MR) is 49.3 cm³/mol. The van der Waals surface area contributed by atoms with Crippen molar-refractivity contribution >= 4 is 0 Å². The van der Waals surface area contributed by atoms with Gasteiger partial charge in [-0.05, 0) is 32.5 Å². The molecular weight excluding hydrogens is 166 g/mol. The van der Waals surface area contributed by atoms with Gasteiger partial charge >= 0.3 is 0 Å². The number of nitrogens with zero attached hydrogens (tertiary/aromatic N) is 1. The van der Waals surface area contributed by atoms with Crippen LogP contribution in [0.1, 0.15) is 18.4 Å². The first-order valence-electron chi connectivity index (χ1n) is 4.64. The maximum Gasteiger partial charge on any atom is 0.105 e. The molecule has 3 heteroatoms. The molecule has 0 aromatic carbocycles. The Morgan fingerprint density at radius 2 is 2.46 bits per heavy atom. The zero-order valence-corrected chi connectivity index (χ0v) is 7.86. The van der Waals surface area contributed by atoms with E-state index >= 15 is 0 Å². The van der Waals surface area contributed by atoms with Crippen molar-refractivity contribution in [1.82, 2.24) is 4.90 Å². The SMILES string of the molecule is CN1CCCC(O)(c2ccoc2)C1. The Kier molecular flexibility index (Phi) is 2.14. The third-order valence-electron chi connectivity index (χ3n) is 2.72. The Morgan fingerprint density at radius 1 is 1.62 bits per heavy atom. The molecule has 1 aliphatic heterocycles. The van der Waals surface area contributed by atoms with Gasteiger partial charge in [-0.15, -0.1) is 0 Å². The standard InChI is InChI=1S/C10H15NO2/c1-11-5-2-4-10(12,8-11)9-3-6-13-7-9/h3,6-7,12H,2,4-5,8H2,1H3. The third-order valence-corrected chi connectivity index (χ3v) is 2.72. The van der Waals surface area contributed by atoms with E-state index in [0.29, 0.717) is 6.54 Å². The Hall–Kier alpha value is -0.800. The largest absolute Gasteiger partial charge is 0.472 e. The van der Waals surface area contributed by atoms with Gasteiger partial charge in [-0.3, -0.25) is 0 Å². The monoisotopic (exact) mass is 181 g/mol. The summed E-state index contributed by atoms with van der Waals surface area (Å²) in [6.07, 6.45) is 5.12. The van der Waals surface area contributed by atoms with Crippen molar-refractivity contribution in [3.05, 3.63) is 24.2 Å². The lowest BCUT2D eigenvalue weighted by Gasteiger charge is -2.36. The number of aliphatic hydroxyl groups is 1. The molecule has 1 aromatic heterocycles. The van der Waals surface area contributed by atoms with Crippen molar-refractivity contribution in [3.63, 3.8) is 0 Å². The summed E-state index contributed by atoms with van der Waals surface area (Å²) in [6, 6.07) is 1.85. The van der Waals surface area contributed by atoms with E-state index in [0.717, 1.165) is 24.9 Å². The predicted octanol–water partition coefficient (Wildman–Crippen LogP) is 1.19. The second-order valence-electron chi connectivity index (χ2n) is 3.88. The lowest BCUT2D eigenvalue weighted by Crippen LogP contribution is -2.43. The van der Waals surface area contributed by atoms with Gasteiger partial charge in [-0.25, -0.2) is 0 Å². The number of likely N-dealkylation sites (tertiary alicyclic amines) is 1. The number of rotatable bonds is 1. The zero-order chi connectivity index (χ0) is 9.31. The number of β-amino-alcohol motifs (C(OH)–C–C–N with tert-alkyl or cyclic N) is 1.